The van der Waals surface area contributed by atoms with Crippen molar-refractivity contribution in [2.24, 2.45) is 5.41 Å². The number of halogens is 3. The van der Waals surface area contributed by atoms with Crippen LogP contribution in [0.2, 0.25) is 0 Å². The number of rotatable bonds is 6. The van der Waals surface area contributed by atoms with E-state index in [1.165, 1.54) is 6.07 Å². The number of nitrogens with zero attached hydrogens (tertiary/aromatic N) is 1. The zero-order valence-electron chi connectivity index (χ0n) is 18.7. The summed E-state index contributed by atoms with van der Waals surface area (Å²) in [6.45, 7) is 2.82. The Labute approximate surface area is 187 Å². The van der Waals surface area contributed by atoms with E-state index >= 15 is 0 Å². The van der Waals surface area contributed by atoms with Crippen molar-refractivity contribution in [3.05, 3.63) is 34.9 Å². The topological polar surface area (TPSA) is 50.8 Å². The summed E-state index contributed by atoms with van der Waals surface area (Å²) >= 11 is 0. The first-order valence-electron chi connectivity index (χ1n) is 11.6. The number of amides is 1. The van der Waals surface area contributed by atoms with E-state index in [2.05, 4.69) is 5.32 Å². The highest BCUT2D eigenvalue weighted by Crippen LogP contribution is 2.44. The van der Waals surface area contributed by atoms with Crippen LogP contribution in [-0.2, 0) is 33.4 Å². The van der Waals surface area contributed by atoms with E-state index in [0.717, 1.165) is 56.9 Å². The summed E-state index contributed by atoms with van der Waals surface area (Å²) in [5.41, 5.74) is 0.341. The van der Waals surface area contributed by atoms with Crippen molar-refractivity contribution in [1.82, 2.24) is 10.2 Å². The summed E-state index contributed by atoms with van der Waals surface area (Å²) in [7, 11) is 1.64. The van der Waals surface area contributed by atoms with Crippen LogP contribution in [0.15, 0.2) is 18.2 Å². The van der Waals surface area contributed by atoms with Gasteiger partial charge in [0.2, 0.25) is 5.91 Å². The van der Waals surface area contributed by atoms with Gasteiger partial charge in [-0.15, -0.1) is 0 Å². The number of benzene rings is 1. The zero-order chi connectivity index (χ0) is 22.8. The van der Waals surface area contributed by atoms with Gasteiger partial charge in [-0.05, 0) is 68.2 Å². The number of nitrogens with one attached hydrogen (secondary N) is 1. The lowest BCUT2D eigenvalue weighted by Crippen LogP contribution is -2.47. The minimum absolute atomic E-state index is 0.0638. The number of alkyl halides is 3. The molecule has 1 N–H and O–H groups in total. The molecule has 2 unspecified atom stereocenters. The molecule has 0 spiro atoms. The number of hydrogen-bond donors (Lipinski definition) is 1. The van der Waals surface area contributed by atoms with Crippen molar-refractivity contribution in [2.45, 2.75) is 69.8 Å². The fourth-order valence-corrected chi connectivity index (χ4v) is 5.53. The first-order chi connectivity index (χ1) is 15.3. The molecule has 1 aliphatic carbocycles. The molecule has 1 saturated heterocycles. The van der Waals surface area contributed by atoms with Crippen molar-refractivity contribution >= 4 is 5.91 Å². The summed E-state index contributed by atoms with van der Waals surface area (Å²) < 4.78 is 50.3. The molecule has 2 heterocycles. The highest BCUT2D eigenvalue weighted by atomic mass is 19.4. The number of ether oxygens (including phenoxy) is 2. The first kappa shape index (κ1) is 23.5. The average Bonchev–Trinajstić information content (AvgIpc) is 3.20. The van der Waals surface area contributed by atoms with E-state index in [1.807, 2.05) is 0 Å². The highest BCUT2D eigenvalue weighted by Gasteiger charge is 2.47. The summed E-state index contributed by atoms with van der Waals surface area (Å²) in [5.74, 6) is 0.0638. The van der Waals surface area contributed by atoms with Crippen LogP contribution in [0.3, 0.4) is 0 Å². The van der Waals surface area contributed by atoms with E-state index in [-0.39, 0.29) is 18.5 Å². The van der Waals surface area contributed by atoms with Gasteiger partial charge in [-0.25, -0.2) is 0 Å². The number of fused-ring (bicyclic) bond motifs is 1. The molecule has 5 nitrogen and oxygen atoms in total. The number of carbonyl (C=O) groups excluding carboxylic acids is 1. The molecule has 1 amide bonds. The summed E-state index contributed by atoms with van der Waals surface area (Å²) in [5, 5.41) is 3.73. The van der Waals surface area contributed by atoms with Crippen LogP contribution < -0.4 is 5.32 Å². The smallest absolute Gasteiger partial charge is 0.385 e. The predicted octanol–water partition coefficient (Wildman–Crippen LogP) is 3.93. The van der Waals surface area contributed by atoms with Crippen molar-refractivity contribution in [1.29, 1.82) is 0 Å². The van der Waals surface area contributed by atoms with Crippen LogP contribution in [0.5, 0.6) is 0 Å². The monoisotopic (exact) mass is 454 g/mol. The van der Waals surface area contributed by atoms with E-state index < -0.39 is 17.2 Å². The second-order valence-corrected chi connectivity index (χ2v) is 9.47. The van der Waals surface area contributed by atoms with Gasteiger partial charge in [-0.3, -0.25) is 4.79 Å². The zero-order valence-corrected chi connectivity index (χ0v) is 18.7. The van der Waals surface area contributed by atoms with E-state index in [0.29, 0.717) is 37.6 Å². The third kappa shape index (κ3) is 5.13. The van der Waals surface area contributed by atoms with Gasteiger partial charge in [0, 0.05) is 52.1 Å². The van der Waals surface area contributed by atoms with Gasteiger partial charge < -0.3 is 19.7 Å². The summed E-state index contributed by atoms with van der Waals surface area (Å²) in [4.78, 5) is 15.5. The molecule has 8 heteroatoms. The predicted molar refractivity (Wildman–Crippen MR) is 114 cm³/mol. The van der Waals surface area contributed by atoms with Gasteiger partial charge in [0.25, 0.3) is 0 Å². The van der Waals surface area contributed by atoms with Gasteiger partial charge in [0.15, 0.2) is 0 Å². The fraction of sp³-hybridized carbons (Fsp3) is 0.708. The van der Waals surface area contributed by atoms with E-state index in [1.54, 1.807) is 18.1 Å². The molecule has 1 aromatic rings. The Balaban J connectivity index is 1.47. The maximum Gasteiger partial charge on any atom is 0.416 e. The van der Waals surface area contributed by atoms with Crippen molar-refractivity contribution < 1.29 is 27.4 Å². The Hall–Kier alpha value is -1.64. The molecule has 1 saturated carbocycles. The third-order valence-electron chi connectivity index (χ3n) is 7.37. The molecular formula is C24H33F3N2O3. The Morgan fingerprint density at radius 3 is 2.72 bits per heavy atom. The Kier molecular flexibility index (Phi) is 7.12. The van der Waals surface area contributed by atoms with Crippen LogP contribution in [0.1, 0.15) is 55.2 Å². The molecule has 1 aromatic carbocycles. The lowest BCUT2D eigenvalue weighted by molar-refractivity contribution is -0.144. The van der Waals surface area contributed by atoms with E-state index in [9.17, 15) is 18.0 Å². The first-order valence-corrected chi connectivity index (χ1v) is 11.6. The maximum atomic E-state index is 13.8. The summed E-state index contributed by atoms with van der Waals surface area (Å²) in [6.07, 6.45) is 1.27. The normalized spacial score (nSPS) is 26.9. The molecule has 2 atom stereocenters. The SMILES string of the molecule is COCCC1(C(=O)N2CCc3ccc(C(F)(F)F)cc3C2)CCC(NC2CCOCC2)C1. The lowest BCUT2D eigenvalue weighted by Gasteiger charge is -2.37. The minimum atomic E-state index is -4.38. The Bertz CT molecular complexity index is 810. The molecule has 178 valence electrons. The molecular weight excluding hydrogens is 421 g/mol. The molecule has 2 aliphatic heterocycles. The number of carbonyl (C=O) groups is 1. The van der Waals surface area contributed by atoms with Crippen LogP contribution in [0, 0.1) is 5.41 Å². The highest BCUT2D eigenvalue weighted by molar-refractivity contribution is 5.83. The van der Waals surface area contributed by atoms with Gasteiger partial charge in [0.05, 0.1) is 11.0 Å². The van der Waals surface area contributed by atoms with Crippen molar-refractivity contribution in [3.8, 4) is 0 Å². The van der Waals surface area contributed by atoms with Crippen LogP contribution >= 0.6 is 0 Å². The minimum Gasteiger partial charge on any atom is -0.385 e. The third-order valence-corrected chi connectivity index (χ3v) is 7.37. The van der Waals surface area contributed by atoms with Crippen molar-refractivity contribution in [3.63, 3.8) is 0 Å². The van der Waals surface area contributed by atoms with Crippen LogP contribution in [-0.4, -0.2) is 56.4 Å². The molecule has 2 fully saturated rings. The van der Waals surface area contributed by atoms with Crippen LogP contribution in [0.25, 0.3) is 0 Å². The van der Waals surface area contributed by atoms with Gasteiger partial charge >= 0.3 is 6.18 Å². The van der Waals surface area contributed by atoms with Crippen molar-refractivity contribution in [2.75, 3.05) is 33.5 Å². The number of hydrogen-bond acceptors (Lipinski definition) is 4. The second-order valence-electron chi connectivity index (χ2n) is 9.47. The average molecular weight is 455 g/mol. The summed E-state index contributed by atoms with van der Waals surface area (Å²) in [6, 6.07) is 4.60. The maximum absolute atomic E-state index is 13.8. The van der Waals surface area contributed by atoms with Gasteiger partial charge in [-0.2, -0.15) is 13.2 Å². The molecule has 3 aliphatic rings. The Morgan fingerprint density at radius 2 is 2.00 bits per heavy atom. The quantitative estimate of drug-likeness (QED) is 0.708. The largest absolute Gasteiger partial charge is 0.416 e. The molecule has 0 radical (unpaired) electrons. The molecule has 4 rings (SSSR count). The molecule has 0 aromatic heterocycles. The van der Waals surface area contributed by atoms with E-state index in [4.69, 9.17) is 9.47 Å². The Morgan fingerprint density at radius 1 is 1.22 bits per heavy atom. The van der Waals surface area contributed by atoms with Gasteiger partial charge in [-0.1, -0.05) is 6.07 Å². The molecule has 32 heavy (non-hydrogen) atoms. The molecule has 0 bridgehead atoms. The van der Waals surface area contributed by atoms with Gasteiger partial charge in [0.1, 0.15) is 0 Å². The second kappa shape index (κ2) is 9.69. The standard InChI is InChI=1S/C24H33F3N2O3/c1-31-13-9-23(8-4-21(15-23)28-20-6-11-32-12-7-20)22(30)29-10-5-17-2-3-19(24(25,26)27)14-18(17)16-29/h2-3,14,20-21,28H,4-13,15-16H2,1H3. The lowest BCUT2D eigenvalue weighted by atomic mass is 9.80. The number of methoxy groups -OCH3 is 1. The van der Waals surface area contributed by atoms with Crippen LogP contribution in [0.4, 0.5) is 13.2 Å². The fourth-order valence-electron chi connectivity index (χ4n) is 5.53.